The number of nitriles is 1. The first-order chi connectivity index (χ1) is 9.68. The first-order valence-corrected chi connectivity index (χ1v) is 6.99. The number of sulfonamides is 1. The summed E-state index contributed by atoms with van der Waals surface area (Å²) in [4.78, 5) is 21.5. The predicted octanol–water partition coefficient (Wildman–Crippen LogP) is -1.90. The van der Waals surface area contributed by atoms with Gasteiger partial charge in [-0.1, -0.05) is 0 Å². The molecule has 0 radical (unpaired) electrons. The van der Waals surface area contributed by atoms with Crippen molar-refractivity contribution >= 4 is 27.5 Å². The monoisotopic (exact) mass is 311 g/mol. The summed E-state index contributed by atoms with van der Waals surface area (Å²) in [5, 5.41) is 8.98. The van der Waals surface area contributed by atoms with E-state index in [1.54, 1.807) is 6.07 Å². The molecule has 0 saturated heterocycles. The van der Waals surface area contributed by atoms with Crippen molar-refractivity contribution in [2.45, 2.75) is 4.90 Å². The standard InChI is InChI=1S/C11H13N5O4S/c12-4-7-3-8(13)1-2-9(7)21(19,20)16(5-10(14)17)6-11(15)18/h1-3H,5-6,13H2,(H2,14,17)(H2,15,18). The van der Waals surface area contributed by atoms with Crippen molar-refractivity contribution in [3.63, 3.8) is 0 Å². The molecule has 10 heteroatoms. The molecule has 0 bridgehead atoms. The highest BCUT2D eigenvalue weighted by atomic mass is 32.2. The third-order valence-electron chi connectivity index (χ3n) is 2.41. The number of primary amides is 2. The third kappa shape index (κ3) is 3.91. The maximum absolute atomic E-state index is 12.4. The molecular formula is C11H13N5O4S. The molecule has 112 valence electrons. The largest absolute Gasteiger partial charge is 0.399 e. The van der Waals surface area contributed by atoms with Crippen LogP contribution in [0.15, 0.2) is 23.1 Å². The highest BCUT2D eigenvalue weighted by Gasteiger charge is 2.29. The molecular weight excluding hydrogens is 298 g/mol. The van der Waals surface area contributed by atoms with Gasteiger partial charge in [0.1, 0.15) is 11.0 Å². The SMILES string of the molecule is N#Cc1cc(N)ccc1S(=O)(=O)N(CC(N)=O)CC(N)=O. The van der Waals surface area contributed by atoms with E-state index in [1.165, 1.54) is 12.1 Å². The second-order valence-corrected chi connectivity index (χ2v) is 5.98. The zero-order valence-electron chi connectivity index (χ0n) is 10.8. The van der Waals surface area contributed by atoms with Crippen LogP contribution in [0.2, 0.25) is 0 Å². The summed E-state index contributed by atoms with van der Waals surface area (Å²) in [5.74, 6) is -1.93. The Labute approximate surface area is 121 Å². The van der Waals surface area contributed by atoms with Gasteiger partial charge in [-0.05, 0) is 18.2 Å². The normalized spacial score (nSPS) is 11.0. The van der Waals surface area contributed by atoms with Gasteiger partial charge in [-0.25, -0.2) is 8.42 Å². The molecule has 0 heterocycles. The fourth-order valence-corrected chi connectivity index (χ4v) is 3.07. The Morgan fingerprint density at radius 3 is 2.14 bits per heavy atom. The molecule has 0 aliphatic rings. The van der Waals surface area contributed by atoms with E-state index in [4.69, 9.17) is 22.5 Å². The molecule has 6 N–H and O–H groups in total. The van der Waals surface area contributed by atoms with E-state index in [0.717, 1.165) is 6.07 Å². The highest BCUT2D eigenvalue weighted by Crippen LogP contribution is 2.21. The van der Waals surface area contributed by atoms with E-state index in [-0.39, 0.29) is 16.1 Å². The number of hydrogen-bond acceptors (Lipinski definition) is 6. The lowest BCUT2D eigenvalue weighted by Crippen LogP contribution is -2.43. The minimum absolute atomic E-state index is 0.196. The lowest BCUT2D eigenvalue weighted by Gasteiger charge is -2.19. The van der Waals surface area contributed by atoms with Crippen LogP contribution in [-0.4, -0.2) is 37.6 Å². The molecule has 1 rings (SSSR count). The van der Waals surface area contributed by atoms with Crippen LogP contribution in [0.3, 0.4) is 0 Å². The van der Waals surface area contributed by atoms with Crippen LogP contribution < -0.4 is 17.2 Å². The molecule has 1 aromatic carbocycles. The van der Waals surface area contributed by atoms with E-state index in [1.807, 2.05) is 0 Å². The van der Waals surface area contributed by atoms with E-state index in [0.29, 0.717) is 4.31 Å². The number of carbonyl (C=O) groups is 2. The average molecular weight is 311 g/mol. The van der Waals surface area contributed by atoms with Gasteiger partial charge in [0, 0.05) is 5.69 Å². The van der Waals surface area contributed by atoms with E-state index in [9.17, 15) is 18.0 Å². The summed E-state index contributed by atoms with van der Waals surface area (Å²) >= 11 is 0. The summed E-state index contributed by atoms with van der Waals surface area (Å²) in [6.07, 6.45) is 0. The summed E-state index contributed by atoms with van der Waals surface area (Å²) in [6, 6.07) is 5.24. The third-order valence-corrected chi connectivity index (χ3v) is 4.26. The van der Waals surface area contributed by atoms with Gasteiger partial charge in [0.05, 0.1) is 18.7 Å². The Balaban J connectivity index is 3.38. The van der Waals surface area contributed by atoms with Crippen molar-refractivity contribution in [1.82, 2.24) is 4.31 Å². The van der Waals surface area contributed by atoms with Crippen molar-refractivity contribution in [2.75, 3.05) is 18.8 Å². The molecule has 0 aromatic heterocycles. The summed E-state index contributed by atoms with van der Waals surface area (Å²) < 4.78 is 25.3. The van der Waals surface area contributed by atoms with Crippen molar-refractivity contribution in [2.24, 2.45) is 11.5 Å². The van der Waals surface area contributed by atoms with Crippen molar-refractivity contribution < 1.29 is 18.0 Å². The minimum Gasteiger partial charge on any atom is -0.399 e. The number of nitrogen functional groups attached to an aromatic ring is 1. The van der Waals surface area contributed by atoms with Gasteiger partial charge in [0.2, 0.25) is 21.8 Å². The number of benzene rings is 1. The van der Waals surface area contributed by atoms with Gasteiger partial charge in [0.25, 0.3) is 0 Å². The maximum atomic E-state index is 12.4. The molecule has 0 fully saturated rings. The van der Waals surface area contributed by atoms with Crippen LogP contribution in [0, 0.1) is 11.3 Å². The fourth-order valence-electron chi connectivity index (χ4n) is 1.57. The van der Waals surface area contributed by atoms with Gasteiger partial charge in [-0.15, -0.1) is 0 Å². The lowest BCUT2D eigenvalue weighted by atomic mass is 10.2. The fraction of sp³-hybridized carbons (Fsp3) is 0.182. The second-order valence-electron chi connectivity index (χ2n) is 4.07. The molecule has 0 saturated carbocycles. The quantitative estimate of drug-likeness (QED) is 0.517. The number of amides is 2. The van der Waals surface area contributed by atoms with Crippen LogP contribution in [-0.2, 0) is 19.6 Å². The van der Waals surface area contributed by atoms with Crippen molar-refractivity contribution in [1.29, 1.82) is 5.26 Å². The molecule has 9 nitrogen and oxygen atoms in total. The second kappa shape index (κ2) is 6.21. The smallest absolute Gasteiger partial charge is 0.245 e. The van der Waals surface area contributed by atoms with Crippen molar-refractivity contribution in [3.8, 4) is 6.07 Å². The Kier molecular flexibility index (Phi) is 4.85. The molecule has 1 aromatic rings. The number of nitrogens with zero attached hydrogens (tertiary/aromatic N) is 2. The number of nitrogens with two attached hydrogens (primary N) is 3. The Bertz CT molecular complexity index is 707. The molecule has 0 spiro atoms. The van der Waals surface area contributed by atoms with Crippen LogP contribution in [0.4, 0.5) is 5.69 Å². The molecule has 2 amide bonds. The van der Waals surface area contributed by atoms with Gasteiger partial charge >= 0.3 is 0 Å². The zero-order valence-corrected chi connectivity index (χ0v) is 11.6. The lowest BCUT2D eigenvalue weighted by molar-refractivity contribution is -0.120. The van der Waals surface area contributed by atoms with E-state index in [2.05, 4.69) is 0 Å². The topological polar surface area (TPSA) is 173 Å². The molecule has 0 aliphatic heterocycles. The average Bonchev–Trinajstić information content (AvgIpc) is 2.36. The Morgan fingerprint density at radius 2 is 1.71 bits per heavy atom. The van der Waals surface area contributed by atoms with Gasteiger partial charge in [-0.3, -0.25) is 9.59 Å². The summed E-state index contributed by atoms with van der Waals surface area (Å²) in [5.41, 5.74) is 15.4. The van der Waals surface area contributed by atoms with Crippen LogP contribution in [0.5, 0.6) is 0 Å². The van der Waals surface area contributed by atoms with Crippen LogP contribution in [0.25, 0.3) is 0 Å². The van der Waals surface area contributed by atoms with Gasteiger partial charge in [-0.2, -0.15) is 9.57 Å². The molecule has 21 heavy (non-hydrogen) atoms. The predicted molar refractivity (Wildman–Crippen MR) is 72.7 cm³/mol. The van der Waals surface area contributed by atoms with E-state index >= 15 is 0 Å². The molecule has 0 aliphatic carbocycles. The zero-order chi connectivity index (χ0) is 16.2. The van der Waals surface area contributed by atoms with Crippen LogP contribution >= 0.6 is 0 Å². The number of hydrogen-bond donors (Lipinski definition) is 3. The first kappa shape index (κ1) is 16.4. The minimum atomic E-state index is -4.30. The maximum Gasteiger partial charge on any atom is 0.245 e. The number of carbonyl (C=O) groups excluding carboxylic acids is 2. The van der Waals surface area contributed by atoms with Crippen molar-refractivity contribution in [3.05, 3.63) is 23.8 Å². The molecule has 0 unspecified atom stereocenters. The number of rotatable bonds is 6. The highest BCUT2D eigenvalue weighted by molar-refractivity contribution is 7.89. The Morgan fingerprint density at radius 1 is 1.19 bits per heavy atom. The Hall–Kier alpha value is -2.64. The number of anilines is 1. The first-order valence-electron chi connectivity index (χ1n) is 5.55. The van der Waals surface area contributed by atoms with Crippen LogP contribution in [0.1, 0.15) is 5.56 Å². The molecule has 0 atom stereocenters. The van der Waals surface area contributed by atoms with Gasteiger partial charge < -0.3 is 17.2 Å². The summed E-state index contributed by atoms with van der Waals surface area (Å²) in [7, 11) is -4.30. The van der Waals surface area contributed by atoms with E-state index < -0.39 is 34.9 Å². The van der Waals surface area contributed by atoms with Gasteiger partial charge in [0.15, 0.2) is 0 Å². The summed E-state index contributed by atoms with van der Waals surface area (Å²) in [6.45, 7) is -1.47.